The Balaban J connectivity index is 2.15. The van der Waals surface area contributed by atoms with E-state index in [1.807, 2.05) is 0 Å². The van der Waals surface area contributed by atoms with E-state index >= 15 is 0 Å². The molecule has 0 aromatic heterocycles. The van der Waals surface area contributed by atoms with Gasteiger partial charge in [0.15, 0.2) is 0 Å². The predicted octanol–water partition coefficient (Wildman–Crippen LogP) is 3.20. The van der Waals surface area contributed by atoms with E-state index < -0.39 is 12.1 Å². The van der Waals surface area contributed by atoms with Crippen molar-refractivity contribution in [1.29, 1.82) is 0 Å². The van der Waals surface area contributed by atoms with Crippen LogP contribution in [0, 0.1) is 0 Å². The Kier molecular flexibility index (Phi) is 13.6. The van der Waals surface area contributed by atoms with Crippen molar-refractivity contribution < 1.29 is 19.7 Å². The summed E-state index contributed by atoms with van der Waals surface area (Å²) >= 11 is 0. The third-order valence-electron chi connectivity index (χ3n) is 4.79. The van der Waals surface area contributed by atoms with Gasteiger partial charge in [-0.3, -0.25) is 4.79 Å². The SMILES string of the molecule is CC(=O)Oc1ccc([C@@H](O)CNCCCCCCCCCCCN)cc1CO. The minimum absolute atomic E-state index is 0.246. The van der Waals surface area contributed by atoms with Crippen molar-refractivity contribution in [2.75, 3.05) is 19.6 Å². The molecule has 0 amide bonds. The van der Waals surface area contributed by atoms with Crippen LogP contribution in [0.2, 0.25) is 0 Å². The number of aliphatic hydroxyl groups is 2. The molecule has 0 aliphatic heterocycles. The van der Waals surface area contributed by atoms with Gasteiger partial charge in [-0.2, -0.15) is 0 Å². The first-order valence-electron chi connectivity index (χ1n) is 10.6. The zero-order chi connectivity index (χ0) is 20.6. The number of benzene rings is 1. The normalized spacial score (nSPS) is 12.1. The van der Waals surface area contributed by atoms with Gasteiger partial charge in [0.1, 0.15) is 5.75 Å². The fourth-order valence-electron chi connectivity index (χ4n) is 3.17. The Hall–Kier alpha value is -1.47. The number of carbonyl (C=O) groups excluding carboxylic acids is 1. The van der Waals surface area contributed by atoms with Gasteiger partial charge in [-0.25, -0.2) is 0 Å². The first kappa shape index (κ1) is 24.6. The zero-order valence-corrected chi connectivity index (χ0v) is 17.3. The number of ether oxygens (including phenoxy) is 1. The summed E-state index contributed by atoms with van der Waals surface area (Å²) in [6, 6.07) is 5.01. The maximum absolute atomic E-state index is 11.1. The Labute approximate surface area is 169 Å². The predicted molar refractivity (Wildman–Crippen MR) is 112 cm³/mol. The van der Waals surface area contributed by atoms with Crippen molar-refractivity contribution in [3.8, 4) is 5.75 Å². The smallest absolute Gasteiger partial charge is 0.308 e. The van der Waals surface area contributed by atoms with Crippen LogP contribution in [0.1, 0.15) is 81.9 Å². The number of aliphatic hydroxyl groups excluding tert-OH is 2. The number of carbonyl (C=O) groups is 1. The van der Waals surface area contributed by atoms with Crippen molar-refractivity contribution in [2.45, 2.75) is 77.4 Å². The van der Waals surface area contributed by atoms with Crippen molar-refractivity contribution >= 4 is 5.97 Å². The second kappa shape index (κ2) is 15.5. The molecule has 0 aliphatic carbocycles. The summed E-state index contributed by atoms with van der Waals surface area (Å²) in [7, 11) is 0. The van der Waals surface area contributed by atoms with E-state index in [1.54, 1.807) is 18.2 Å². The van der Waals surface area contributed by atoms with Gasteiger partial charge in [-0.1, -0.05) is 51.0 Å². The van der Waals surface area contributed by atoms with Crippen LogP contribution in [0.25, 0.3) is 0 Å². The lowest BCUT2D eigenvalue weighted by Crippen LogP contribution is -2.22. The second-order valence-corrected chi connectivity index (χ2v) is 7.31. The third kappa shape index (κ3) is 10.8. The Morgan fingerprint density at radius 1 is 1.07 bits per heavy atom. The highest BCUT2D eigenvalue weighted by molar-refractivity contribution is 5.69. The molecule has 28 heavy (non-hydrogen) atoms. The van der Waals surface area contributed by atoms with Crippen LogP contribution in [0.3, 0.4) is 0 Å². The number of unbranched alkanes of at least 4 members (excludes halogenated alkanes) is 8. The first-order valence-corrected chi connectivity index (χ1v) is 10.6. The fourth-order valence-corrected chi connectivity index (χ4v) is 3.17. The average Bonchev–Trinajstić information content (AvgIpc) is 2.68. The van der Waals surface area contributed by atoms with Crippen molar-refractivity contribution in [3.05, 3.63) is 29.3 Å². The molecule has 0 radical (unpaired) electrons. The van der Waals surface area contributed by atoms with E-state index in [1.165, 1.54) is 51.9 Å². The maximum Gasteiger partial charge on any atom is 0.308 e. The van der Waals surface area contributed by atoms with Crippen LogP contribution in [-0.4, -0.2) is 35.8 Å². The van der Waals surface area contributed by atoms with Gasteiger partial charge in [-0.15, -0.1) is 0 Å². The summed E-state index contributed by atoms with van der Waals surface area (Å²) in [5.74, 6) is -0.102. The number of rotatable bonds is 16. The lowest BCUT2D eigenvalue weighted by Gasteiger charge is -2.15. The summed E-state index contributed by atoms with van der Waals surface area (Å²) in [5, 5.41) is 23.0. The molecule has 6 nitrogen and oxygen atoms in total. The summed E-state index contributed by atoms with van der Waals surface area (Å²) in [6.07, 6.45) is 10.5. The molecule has 1 aromatic carbocycles. The molecular formula is C22H38N2O4. The Morgan fingerprint density at radius 2 is 1.68 bits per heavy atom. The number of nitrogens with two attached hydrogens (primary N) is 1. The van der Waals surface area contributed by atoms with E-state index in [4.69, 9.17) is 10.5 Å². The summed E-state index contributed by atoms with van der Waals surface area (Å²) in [4.78, 5) is 11.1. The van der Waals surface area contributed by atoms with Crippen LogP contribution in [0.5, 0.6) is 5.75 Å². The molecule has 5 N–H and O–H groups in total. The highest BCUT2D eigenvalue weighted by atomic mass is 16.5. The van der Waals surface area contributed by atoms with Gasteiger partial charge in [0.2, 0.25) is 0 Å². The van der Waals surface area contributed by atoms with E-state index in [-0.39, 0.29) is 6.61 Å². The molecule has 0 saturated heterocycles. The highest BCUT2D eigenvalue weighted by Gasteiger charge is 2.12. The van der Waals surface area contributed by atoms with E-state index in [2.05, 4.69) is 5.32 Å². The number of hydrogen-bond donors (Lipinski definition) is 4. The molecule has 1 rings (SSSR count). The van der Waals surface area contributed by atoms with Crippen LogP contribution < -0.4 is 15.8 Å². The molecule has 1 aromatic rings. The van der Waals surface area contributed by atoms with Crippen LogP contribution in [0.4, 0.5) is 0 Å². The third-order valence-corrected chi connectivity index (χ3v) is 4.79. The lowest BCUT2D eigenvalue weighted by atomic mass is 10.0. The van der Waals surface area contributed by atoms with Crippen LogP contribution >= 0.6 is 0 Å². The minimum atomic E-state index is -0.662. The minimum Gasteiger partial charge on any atom is -0.426 e. The zero-order valence-electron chi connectivity index (χ0n) is 17.3. The van der Waals surface area contributed by atoms with Crippen LogP contribution in [-0.2, 0) is 11.4 Å². The van der Waals surface area contributed by atoms with Gasteiger partial charge < -0.3 is 26.0 Å². The van der Waals surface area contributed by atoms with Crippen molar-refractivity contribution in [3.63, 3.8) is 0 Å². The van der Waals surface area contributed by atoms with Crippen molar-refractivity contribution in [2.24, 2.45) is 5.73 Å². The maximum atomic E-state index is 11.1. The van der Waals surface area contributed by atoms with Gasteiger partial charge in [-0.05, 0) is 43.6 Å². The quantitative estimate of drug-likeness (QED) is 0.195. The van der Waals surface area contributed by atoms with Gasteiger partial charge in [0.05, 0.1) is 12.7 Å². The summed E-state index contributed by atoms with van der Waals surface area (Å²) in [5.41, 5.74) is 6.68. The topological polar surface area (TPSA) is 105 Å². The molecule has 0 aliphatic rings. The molecule has 1 atom stereocenters. The molecule has 0 bridgehead atoms. The molecule has 0 spiro atoms. The van der Waals surface area contributed by atoms with E-state index in [9.17, 15) is 15.0 Å². The fraction of sp³-hybridized carbons (Fsp3) is 0.682. The molecule has 0 heterocycles. The Bertz CT molecular complexity index is 551. The molecule has 6 heteroatoms. The second-order valence-electron chi connectivity index (χ2n) is 7.31. The van der Waals surface area contributed by atoms with Crippen LogP contribution in [0.15, 0.2) is 18.2 Å². The lowest BCUT2D eigenvalue weighted by molar-refractivity contribution is -0.131. The summed E-state index contributed by atoms with van der Waals surface area (Å²) < 4.78 is 5.05. The average molecular weight is 395 g/mol. The monoisotopic (exact) mass is 394 g/mol. The van der Waals surface area contributed by atoms with E-state index in [0.717, 1.165) is 25.9 Å². The van der Waals surface area contributed by atoms with Gasteiger partial charge >= 0.3 is 5.97 Å². The molecule has 160 valence electrons. The largest absolute Gasteiger partial charge is 0.426 e. The summed E-state index contributed by atoms with van der Waals surface area (Å²) in [6.45, 7) is 3.22. The van der Waals surface area contributed by atoms with E-state index in [0.29, 0.717) is 23.4 Å². The molecule has 0 fully saturated rings. The highest BCUT2D eigenvalue weighted by Crippen LogP contribution is 2.24. The first-order chi connectivity index (χ1) is 13.6. The molecule has 0 saturated carbocycles. The molecule has 0 unspecified atom stereocenters. The number of esters is 1. The number of nitrogens with one attached hydrogen (secondary N) is 1. The van der Waals surface area contributed by atoms with Gasteiger partial charge in [0, 0.05) is 19.0 Å². The Morgan fingerprint density at radius 3 is 2.25 bits per heavy atom. The van der Waals surface area contributed by atoms with Gasteiger partial charge in [0.25, 0.3) is 0 Å². The molecular weight excluding hydrogens is 356 g/mol. The standard InChI is InChI=1S/C22H38N2O4/c1-18(26)28-22-12-11-19(15-20(22)17-25)21(27)16-24-14-10-8-6-4-2-3-5-7-9-13-23/h11-12,15,21,24-25,27H,2-10,13-14,16-17,23H2,1H3/t21-/m0/s1. The van der Waals surface area contributed by atoms with Crippen molar-refractivity contribution in [1.82, 2.24) is 5.32 Å². The number of hydrogen-bond acceptors (Lipinski definition) is 6.